The SMILES string of the molecule is C[C@@H]1CN(c2ccc(CNC(=O)C3CCC3)cc2F)C[C@H](C)O1. The largest absolute Gasteiger partial charge is 0.372 e. The number of amides is 1. The Bertz CT molecular complexity index is 564. The molecule has 1 aromatic carbocycles. The molecule has 2 aliphatic rings. The lowest BCUT2D eigenvalue weighted by atomic mass is 9.85. The molecule has 23 heavy (non-hydrogen) atoms. The van der Waals surface area contributed by atoms with Crippen molar-refractivity contribution in [3.8, 4) is 0 Å². The van der Waals surface area contributed by atoms with Gasteiger partial charge in [-0.1, -0.05) is 12.5 Å². The normalized spacial score (nSPS) is 25.1. The van der Waals surface area contributed by atoms with E-state index in [9.17, 15) is 9.18 Å². The third-order valence-corrected chi connectivity index (χ3v) is 4.72. The van der Waals surface area contributed by atoms with Crippen molar-refractivity contribution in [2.24, 2.45) is 5.92 Å². The van der Waals surface area contributed by atoms with Gasteiger partial charge in [0.25, 0.3) is 0 Å². The minimum atomic E-state index is -0.235. The standard InChI is InChI=1S/C18H25FN2O2/c1-12-10-21(11-13(2)23-12)17-7-6-14(8-16(17)19)9-20-18(22)15-4-3-5-15/h6-8,12-13,15H,3-5,9-11H2,1-2H3,(H,20,22)/t12-,13+. The molecular weight excluding hydrogens is 295 g/mol. The molecule has 1 amide bonds. The van der Waals surface area contributed by atoms with Crippen molar-refractivity contribution in [2.45, 2.75) is 51.9 Å². The second-order valence-corrected chi connectivity index (χ2v) is 6.79. The van der Waals surface area contributed by atoms with Crippen LogP contribution in [0.15, 0.2) is 18.2 Å². The van der Waals surface area contributed by atoms with Gasteiger partial charge >= 0.3 is 0 Å². The lowest BCUT2D eigenvalue weighted by Crippen LogP contribution is -2.45. The number of rotatable bonds is 4. The number of nitrogens with one attached hydrogen (secondary N) is 1. The average Bonchev–Trinajstić information content (AvgIpc) is 2.42. The molecule has 4 nitrogen and oxygen atoms in total. The molecular formula is C18H25FN2O2. The van der Waals surface area contributed by atoms with E-state index in [4.69, 9.17) is 4.74 Å². The molecule has 0 spiro atoms. The highest BCUT2D eigenvalue weighted by molar-refractivity contribution is 5.79. The molecule has 3 rings (SSSR count). The molecule has 0 unspecified atom stereocenters. The fourth-order valence-corrected chi connectivity index (χ4v) is 3.30. The van der Waals surface area contributed by atoms with E-state index in [2.05, 4.69) is 5.32 Å². The first-order valence-corrected chi connectivity index (χ1v) is 8.49. The summed E-state index contributed by atoms with van der Waals surface area (Å²) in [5, 5.41) is 2.90. The Hall–Kier alpha value is -1.62. The van der Waals surface area contributed by atoms with Crippen LogP contribution in [0.2, 0.25) is 0 Å². The van der Waals surface area contributed by atoms with Gasteiger partial charge in [-0.25, -0.2) is 4.39 Å². The Morgan fingerprint density at radius 2 is 2.00 bits per heavy atom. The topological polar surface area (TPSA) is 41.6 Å². The second-order valence-electron chi connectivity index (χ2n) is 6.79. The maximum atomic E-state index is 14.5. The predicted octanol–water partition coefficient (Wildman–Crippen LogP) is 2.86. The fraction of sp³-hybridized carbons (Fsp3) is 0.611. The lowest BCUT2D eigenvalue weighted by molar-refractivity contribution is -0.127. The van der Waals surface area contributed by atoms with Crippen molar-refractivity contribution in [1.82, 2.24) is 5.32 Å². The molecule has 0 aromatic heterocycles. The van der Waals surface area contributed by atoms with Crippen LogP contribution in [0, 0.1) is 11.7 Å². The van der Waals surface area contributed by atoms with E-state index in [0.717, 1.165) is 24.8 Å². The van der Waals surface area contributed by atoms with E-state index in [1.807, 2.05) is 30.9 Å². The minimum Gasteiger partial charge on any atom is -0.372 e. The first kappa shape index (κ1) is 16.2. The summed E-state index contributed by atoms with van der Waals surface area (Å²) < 4.78 is 20.1. The maximum Gasteiger partial charge on any atom is 0.223 e. The molecule has 1 heterocycles. The first-order chi connectivity index (χ1) is 11.0. The Kier molecular flexibility index (Phi) is 4.85. The zero-order valence-corrected chi connectivity index (χ0v) is 13.8. The number of nitrogens with zero attached hydrogens (tertiary/aromatic N) is 1. The van der Waals surface area contributed by atoms with E-state index in [0.29, 0.717) is 25.3 Å². The van der Waals surface area contributed by atoms with Crippen LogP contribution in [-0.4, -0.2) is 31.2 Å². The number of anilines is 1. The molecule has 2 fully saturated rings. The van der Waals surface area contributed by atoms with E-state index in [1.165, 1.54) is 6.07 Å². The Morgan fingerprint density at radius 3 is 2.57 bits per heavy atom. The number of hydrogen-bond acceptors (Lipinski definition) is 3. The monoisotopic (exact) mass is 320 g/mol. The van der Waals surface area contributed by atoms with Crippen molar-refractivity contribution in [3.05, 3.63) is 29.6 Å². The average molecular weight is 320 g/mol. The number of morpholine rings is 1. The summed E-state index contributed by atoms with van der Waals surface area (Å²) in [5.74, 6) is 0.0219. The first-order valence-electron chi connectivity index (χ1n) is 8.49. The summed E-state index contributed by atoms with van der Waals surface area (Å²) in [5.41, 5.74) is 1.41. The van der Waals surface area contributed by atoms with Gasteiger partial charge in [-0.3, -0.25) is 4.79 Å². The summed E-state index contributed by atoms with van der Waals surface area (Å²) in [4.78, 5) is 13.9. The van der Waals surface area contributed by atoms with Gasteiger partial charge in [-0.05, 0) is 44.4 Å². The van der Waals surface area contributed by atoms with E-state index >= 15 is 0 Å². The number of carbonyl (C=O) groups excluding carboxylic acids is 1. The molecule has 0 radical (unpaired) electrons. The molecule has 1 aromatic rings. The lowest BCUT2D eigenvalue weighted by Gasteiger charge is -2.37. The summed E-state index contributed by atoms with van der Waals surface area (Å²) >= 11 is 0. The third kappa shape index (κ3) is 3.83. The van der Waals surface area contributed by atoms with Crippen molar-refractivity contribution in [2.75, 3.05) is 18.0 Å². The molecule has 1 aliphatic carbocycles. The van der Waals surface area contributed by atoms with Crippen molar-refractivity contribution in [3.63, 3.8) is 0 Å². The summed E-state index contributed by atoms with van der Waals surface area (Å²) in [7, 11) is 0. The molecule has 2 atom stereocenters. The van der Waals surface area contributed by atoms with Crippen LogP contribution in [0.1, 0.15) is 38.7 Å². The van der Waals surface area contributed by atoms with E-state index in [1.54, 1.807) is 0 Å². The van der Waals surface area contributed by atoms with Crippen LogP contribution in [0.5, 0.6) is 0 Å². The molecule has 0 bridgehead atoms. The number of hydrogen-bond donors (Lipinski definition) is 1. The molecule has 126 valence electrons. The number of ether oxygens (including phenoxy) is 1. The van der Waals surface area contributed by atoms with Gasteiger partial charge < -0.3 is 15.0 Å². The number of halogens is 1. The van der Waals surface area contributed by atoms with Crippen molar-refractivity contribution in [1.29, 1.82) is 0 Å². The van der Waals surface area contributed by atoms with Crippen LogP contribution in [0.3, 0.4) is 0 Å². The molecule has 1 saturated carbocycles. The minimum absolute atomic E-state index is 0.0940. The Morgan fingerprint density at radius 1 is 1.30 bits per heavy atom. The van der Waals surface area contributed by atoms with Gasteiger partial charge in [0.1, 0.15) is 5.82 Å². The van der Waals surface area contributed by atoms with Gasteiger partial charge in [0.05, 0.1) is 17.9 Å². The van der Waals surface area contributed by atoms with Crippen LogP contribution in [0.4, 0.5) is 10.1 Å². The highest BCUT2D eigenvalue weighted by atomic mass is 19.1. The Balaban J connectivity index is 1.62. The highest BCUT2D eigenvalue weighted by Gasteiger charge is 2.26. The molecule has 5 heteroatoms. The van der Waals surface area contributed by atoms with Gasteiger partial charge in [0.15, 0.2) is 0 Å². The zero-order chi connectivity index (χ0) is 16.4. The third-order valence-electron chi connectivity index (χ3n) is 4.72. The summed E-state index contributed by atoms with van der Waals surface area (Å²) in [6.07, 6.45) is 3.29. The highest BCUT2D eigenvalue weighted by Crippen LogP contribution is 2.27. The predicted molar refractivity (Wildman–Crippen MR) is 87.8 cm³/mol. The van der Waals surface area contributed by atoms with E-state index in [-0.39, 0.29) is 29.9 Å². The van der Waals surface area contributed by atoms with Gasteiger partial charge in [-0.2, -0.15) is 0 Å². The fourth-order valence-electron chi connectivity index (χ4n) is 3.30. The molecule has 1 aliphatic heterocycles. The van der Waals surface area contributed by atoms with Crippen LogP contribution in [0.25, 0.3) is 0 Å². The maximum absolute atomic E-state index is 14.5. The summed E-state index contributed by atoms with van der Waals surface area (Å²) in [6.45, 7) is 5.79. The second kappa shape index (κ2) is 6.87. The van der Waals surface area contributed by atoms with Crippen molar-refractivity contribution < 1.29 is 13.9 Å². The zero-order valence-electron chi connectivity index (χ0n) is 13.8. The van der Waals surface area contributed by atoms with E-state index < -0.39 is 0 Å². The summed E-state index contributed by atoms with van der Waals surface area (Å²) in [6, 6.07) is 5.23. The number of benzene rings is 1. The van der Waals surface area contributed by atoms with Crippen LogP contribution >= 0.6 is 0 Å². The quantitative estimate of drug-likeness (QED) is 0.927. The smallest absolute Gasteiger partial charge is 0.223 e. The van der Waals surface area contributed by atoms with Gasteiger partial charge in [-0.15, -0.1) is 0 Å². The molecule has 1 N–H and O–H groups in total. The van der Waals surface area contributed by atoms with Crippen LogP contribution < -0.4 is 10.2 Å². The Labute approximate surface area is 137 Å². The van der Waals surface area contributed by atoms with Crippen LogP contribution in [-0.2, 0) is 16.1 Å². The van der Waals surface area contributed by atoms with Gasteiger partial charge in [0, 0.05) is 25.6 Å². The number of carbonyl (C=O) groups is 1. The molecule has 1 saturated heterocycles. The van der Waals surface area contributed by atoms with Crippen molar-refractivity contribution >= 4 is 11.6 Å². The van der Waals surface area contributed by atoms with Gasteiger partial charge in [0.2, 0.25) is 5.91 Å².